The Labute approximate surface area is 75.6 Å². The molecule has 0 aliphatic carbocycles. The molecule has 0 aliphatic heterocycles. The number of carboxylic acid groups (broad SMARTS) is 1. The quantitative estimate of drug-likeness (QED) is 0.619. The largest absolute Gasteiger partial charge is 0.465 e. The Morgan fingerprint density at radius 3 is 3.15 bits per heavy atom. The summed E-state index contributed by atoms with van der Waals surface area (Å²) in [6.45, 7) is 0.129. The highest BCUT2D eigenvalue weighted by molar-refractivity contribution is 5.64. The molecule has 0 spiro atoms. The number of aromatic nitrogens is 1. The maximum absolute atomic E-state index is 10.0. The van der Waals surface area contributed by atoms with Gasteiger partial charge in [-0.05, 0) is 12.1 Å². The standard InChI is InChI=1S/C9H8N2O2/c12-9(13)11-6-2-4-8-3-1-5-10-7-8/h1,3,5,7,11H,6H2,(H,12,13). The Hall–Kier alpha value is -2.02. The van der Waals surface area contributed by atoms with Gasteiger partial charge in [-0.2, -0.15) is 0 Å². The third-order valence-electron chi connectivity index (χ3n) is 1.22. The van der Waals surface area contributed by atoms with E-state index in [1.54, 1.807) is 24.5 Å². The van der Waals surface area contributed by atoms with E-state index in [1.807, 2.05) is 0 Å². The number of carbonyl (C=O) groups is 1. The van der Waals surface area contributed by atoms with Gasteiger partial charge in [0.25, 0.3) is 0 Å². The average Bonchev–Trinajstić information content (AvgIpc) is 2.14. The highest BCUT2D eigenvalue weighted by Crippen LogP contribution is 1.90. The molecule has 4 heteroatoms. The third-order valence-corrected chi connectivity index (χ3v) is 1.22. The van der Waals surface area contributed by atoms with E-state index in [4.69, 9.17) is 5.11 Å². The molecule has 0 saturated heterocycles. The first kappa shape index (κ1) is 9.07. The molecule has 1 rings (SSSR count). The lowest BCUT2D eigenvalue weighted by Gasteiger charge is -1.89. The van der Waals surface area contributed by atoms with E-state index in [0.29, 0.717) is 0 Å². The van der Waals surface area contributed by atoms with Gasteiger partial charge in [0.2, 0.25) is 0 Å². The van der Waals surface area contributed by atoms with E-state index in [9.17, 15) is 4.79 Å². The van der Waals surface area contributed by atoms with Crippen molar-refractivity contribution in [3.05, 3.63) is 30.1 Å². The molecule has 0 aliphatic rings. The van der Waals surface area contributed by atoms with Crippen LogP contribution < -0.4 is 5.32 Å². The first-order valence-electron chi connectivity index (χ1n) is 3.65. The normalized spacial score (nSPS) is 8.31. The zero-order valence-corrected chi connectivity index (χ0v) is 6.82. The highest BCUT2D eigenvalue weighted by atomic mass is 16.4. The lowest BCUT2D eigenvalue weighted by Crippen LogP contribution is -2.20. The van der Waals surface area contributed by atoms with Gasteiger partial charge in [-0.3, -0.25) is 4.98 Å². The van der Waals surface area contributed by atoms with Gasteiger partial charge in [-0.15, -0.1) is 0 Å². The fourth-order valence-corrected chi connectivity index (χ4v) is 0.703. The van der Waals surface area contributed by atoms with Gasteiger partial charge in [0.15, 0.2) is 0 Å². The number of nitrogens with one attached hydrogen (secondary N) is 1. The Balaban J connectivity index is 2.44. The van der Waals surface area contributed by atoms with Gasteiger partial charge in [-0.25, -0.2) is 4.79 Å². The summed E-state index contributed by atoms with van der Waals surface area (Å²) in [5, 5.41) is 10.4. The van der Waals surface area contributed by atoms with E-state index >= 15 is 0 Å². The zero-order chi connectivity index (χ0) is 9.52. The van der Waals surface area contributed by atoms with E-state index in [0.717, 1.165) is 5.56 Å². The van der Waals surface area contributed by atoms with Crippen LogP contribution in [0.1, 0.15) is 5.56 Å². The van der Waals surface area contributed by atoms with Gasteiger partial charge in [0.1, 0.15) is 0 Å². The third kappa shape index (κ3) is 3.77. The van der Waals surface area contributed by atoms with Crippen LogP contribution in [0.2, 0.25) is 0 Å². The van der Waals surface area contributed by atoms with Crippen LogP contribution in [0.5, 0.6) is 0 Å². The van der Waals surface area contributed by atoms with Crippen molar-refractivity contribution in [1.82, 2.24) is 10.3 Å². The molecule has 0 unspecified atom stereocenters. The lowest BCUT2D eigenvalue weighted by atomic mass is 10.3. The summed E-state index contributed by atoms with van der Waals surface area (Å²) < 4.78 is 0. The lowest BCUT2D eigenvalue weighted by molar-refractivity contribution is 0.196. The SMILES string of the molecule is O=C(O)NCC#Cc1cccnc1. The number of amides is 1. The van der Waals surface area contributed by atoms with Crippen LogP contribution in [-0.4, -0.2) is 22.7 Å². The molecule has 4 nitrogen and oxygen atoms in total. The number of pyridine rings is 1. The Bertz CT molecular complexity index is 338. The molecular formula is C9H8N2O2. The summed E-state index contributed by atoms with van der Waals surface area (Å²) in [6, 6.07) is 3.58. The van der Waals surface area contributed by atoms with Crippen LogP contribution in [-0.2, 0) is 0 Å². The van der Waals surface area contributed by atoms with Crippen molar-refractivity contribution >= 4 is 6.09 Å². The van der Waals surface area contributed by atoms with Crippen molar-refractivity contribution in [3.8, 4) is 11.8 Å². The van der Waals surface area contributed by atoms with Crippen molar-refractivity contribution < 1.29 is 9.90 Å². The molecule has 0 bridgehead atoms. The number of rotatable bonds is 1. The van der Waals surface area contributed by atoms with Crippen LogP contribution in [0.15, 0.2) is 24.5 Å². The summed E-state index contributed by atoms with van der Waals surface area (Å²) in [4.78, 5) is 13.9. The number of hydrogen-bond acceptors (Lipinski definition) is 2. The zero-order valence-electron chi connectivity index (χ0n) is 6.82. The topological polar surface area (TPSA) is 62.2 Å². The summed E-state index contributed by atoms with van der Waals surface area (Å²) in [6.07, 6.45) is 2.20. The average molecular weight is 176 g/mol. The maximum atomic E-state index is 10.0. The van der Waals surface area contributed by atoms with Crippen LogP contribution in [0.4, 0.5) is 4.79 Å². The maximum Gasteiger partial charge on any atom is 0.405 e. The molecule has 66 valence electrons. The molecule has 1 aromatic heterocycles. The van der Waals surface area contributed by atoms with Crippen LogP contribution >= 0.6 is 0 Å². The predicted molar refractivity (Wildman–Crippen MR) is 47.1 cm³/mol. The molecular weight excluding hydrogens is 168 g/mol. The van der Waals surface area contributed by atoms with E-state index < -0.39 is 6.09 Å². The van der Waals surface area contributed by atoms with Crippen molar-refractivity contribution in [2.24, 2.45) is 0 Å². The van der Waals surface area contributed by atoms with Gasteiger partial charge in [-0.1, -0.05) is 11.8 Å². The summed E-state index contributed by atoms with van der Waals surface area (Å²) in [5.74, 6) is 5.41. The minimum Gasteiger partial charge on any atom is -0.465 e. The van der Waals surface area contributed by atoms with Crippen molar-refractivity contribution in [2.75, 3.05) is 6.54 Å². The first-order valence-corrected chi connectivity index (χ1v) is 3.65. The molecule has 0 radical (unpaired) electrons. The van der Waals surface area contributed by atoms with Crippen molar-refractivity contribution in [3.63, 3.8) is 0 Å². The monoisotopic (exact) mass is 176 g/mol. The second-order valence-electron chi connectivity index (χ2n) is 2.20. The summed E-state index contributed by atoms with van der Waals surface area (Å²) in [5.41, 5.74) is 0.773. The fourth-order valence-electron chi connectivity index (χ4n) is 0.703. The van der Waals surface area contributed by atoms with Gasteiger partial charge >= 0.3 is 6.09 Å². The van der Waals surface area contributed by atoms with Gasteiger partial charge < -0.3 is 10.4 Å². The highest BCUT2D eigenvalue weighted by Gasteiger charge is 1.87. The Kier molecular flexibility index (Phi) is 3.33. The molecule has 0 saturated carbocycles. The van der Waals surface area contributed by atoms with Crippen molar-refractivity contribution in [2.45, 2.75) is 0 Å². The molecule has 1 aromatic rings. The smallest absolute Gasteiger partial charge is 0.405 e. The van der Waals surface area contributed by atoms with Crippen LogP contribution in [0.25, 0.3) is 0 Å². The second-order valence-corrected chi connectivity index (χ2v) is 2.20. The van der Waals surface area contributed by atoms with Gasteiger partial charge in [0.05, 0.1) is 6.54 Å². The molecule has 1 amide bonds. The Morgan fingerprint density at radius 1 is 1.69 bits per heavy atom. The first-order chi connectivity index (χ1) is 6.29. The minimum atomic E-state index is -1.07. The molecule has 0 atom stereocenters. The Morgan fingerprint density at radius 2 is 2.54 bits per heavy atom. The molecule has 0 aromatic carbocycles. The predicted octanol–water partition coefficient (Wildman–Crippen LogP) is 0.701. The molecule has 2 N–H and O–H groups in total. The summed E-state index contributed by atoms with van der Waals surface area (Å²) in [7, 11) is 0. The minimum absolute atomic E-state index is 0.129. The van der Waals surface area contributed by atoms with Gasteiger partial charge in [0, 0.05) is 18.0 Å². The van der Waals surface area contributed by atoms with E-state index in [2.05, 4.69) is 22.1 Å². The molecule has 13 heavy (non-hydrogen) atoms. The van der Waals surface area contributed by atoms with E-state index in [1.165, 1.54) is 0 Å². The fraction of sp³-hybridized carbons (Fsp3) is 0.111. The van der Waals surface area contributed by atoms with Crippen molar-refractivity contribution in [1.29, 1.82) is 0 Å². The summed E-state index contributed by atoms with van der Waals surface area (Å²) >= 11 is 0. The van der Waals surface area contributed by atoms with Crippen LogP contribution in [0.3, 0.4) is 0 Å². The van der Waals surface area contributed by atoms with E-state index in [-0.39, 0.29) is 6.54 Å². The number of hydrogen-bond donors (Lipinski definition) is 2. The molecule has 1 heterocycles. The van der Waals surface area contributed by atoms with Crippen LogP contribution in [0, 0.1) is 11.8 Å². The molecule has 0 fully saturated rings. The number of nitrogens with zero attached hydrogens (tertiary/aromatic N) is 1. The second kappa shape index (κ2) is 4.78.